The standard InChI is InChI=1S/C13H10F3N3O2/c1-8-2-4-10(19(20)21)6-11(8)18-12-5-3-9(7-17-12)13(14,15)16/h2-7H,1H3,(H,17,18). The molecule has 0 saturated heterocycles. The Hall–Kier alpha value is -2.64. The first-order chi connectivity index (χ1) is 9.77. The number of hydrogen-bond acceptors (Lipinski definition) is 4. The van der Waals surface area contributed by atoms with Gasteiger partial charge in [-0.3, -0.25) is 10.1 Å². The molecule has 2 aromatic rings. The molecule has 21 heavy (non-hydrogen) atoms. The maximum atomic E-state index is 12.4. The van der Waals surface area contributed by atoms with Crippen LogP contribution in [0, 0.1) is 17.0 Å². The monoisotopic (exact) mass is 297 g/mol. The zero-order valence-electron chi connectivity index (χ0n) is 10.8. The minimum atomic E-state index is -4.45. The molecule has 0 radical (unpaired) electrons. The molecule has 0 unspecified atom stereocenters. The zero-order valence-corrected chi connectivity index (χ0v) is 10.8. The minimum absolute atomic E-state index is 0.116. The number of rotatable bonds is 3. The SMILES string of the molecule is Cc1ccc([N+](=O)[O-])cc1Nc1ccc(C(F)(F)F)cn1. The molecule has 0 aliphatic carbocycles. The zero-order chi connectivity index (χ0) is 15.6. The van der Waals surface area contributed by atoms with Crippen molar-refractivity contribution in [3.63, 3.8) is 0 Å². The number of alkyl halides is 3. The molecule has 5 nitrogen and oxygen atoms in total. The van der Waals surface area contributed by atoms with E-state index in [0.29, 0.717) is 17.4 Å². The summed E-state index contributed by atoms with van der Waals surface area (Å²) in [6.45, 7) is 1.72. The number of benzene rings is 1. The van der Waals surface area contributed by atoms with Gasteiger partial charge in [-0.25, -0.2) is 4.98 Å². The Morgan fingerprint density at radius 3 is 2.48 bits per heavy atom. The third-order valence-corrected chi connectivity index (χ3v) is 2.79. The minimum Gasteiger partial charge on any atom is -0.340 e. The van der Waals surface area contributed by atoms with Crippen molar-refractivity contribution >= 4 is 17.2 Å². The van der Waals surface area contributed by atoms with Gasteiger partial charge in [0, 0.05) is 24.0 Å². The molecule has 0 spiro atoms. The van der Waals surface area contributed by atoms with Crippen molar-refractivity contribution in [3.05, 3.63) is 57.8 Å². The van der Waals surface area contributed by atoms with Gasteiger partial charge in [0.25, 0.3) is 5.69 Å². The van der Waals surface area contributed by atoms with E-state index in [9.17, 15) is 23.3 Å². The normalized spacial score (nSPS) is 11.2. The predicted octanol–water partition coefficient (Wildman–Crippen LogP) is 4.06. The second-order valence-electron chi connectivity index (χ2n) is 4.31. The van der Waals surface area contributed by atoms with Gasteiger partial charge in [-0.05, 0) is 24.6 Å². The van der Waals surface area contributed by atoms with Crippen LogP contribution < -0.4 is 5.32 Å². The lowest BCUT2D eigenvalue weighted by molar-refractivity contribution is -0.384. The van der Waals surface area contributed by atoms with Gasteiger partial charge in [-0.1, -0.05) is 6.07 Å². The van der Waals surface area contributed by atoms with Crippen LogP contribution in [0.1, 0.15) is 11.1 Å². The number of anilines is 2. The molecular formula is C13H10F3N3O2. The summed E-state index contributed by atoms with van der Waals surface area (Å²) in [4.78, 5) is 13.8. The summed E-state index contributed by atoms with van der Waals surface area (Å²) >= 11 is 0. The van der Waals surface area contributed by atoms with E-state index in [2.05, 4.69) is 10.3 Å². The van der Waals surface area contributed by atoms with Gasteiger partial charge in [0.1, 0.15) is 5.82 Å². The highest BCUT2D eigenvalue weighted by molar-refractivity contribution is 5.63. The van der Waals surface area contributed by atoms with E-state index in [0.717, 1.165) is 6.07 Å². The van der Waals surface area contributed by atoms with Crippen molar-refractivity contribution in [2.75, 3.05) is 5.32 Å². The number of non-ortho nitro benzene ring substituents is 1. The van der Waals surface area contributed by atoms with Crippen LogP contribution in [0.5, 0.6) is 0 Å². The number of nitrogens with one attached hydrogen (secondary N) is 1. The summed E-state index contributed by atoms with van der Waals surface area (Å²) in [6.07, 6.45) is -3.75. The molecule has 8 heteroatoms. The Kier molecular flexibility index (Phi) is 3.79. The molecule has 2 rings (SSSR count). The van der Waals surface area contributed by atoms with Gasteiger partial charge in [-0.15, -0.1) is 0 Å². The second kappa shape index (κ2) is 5.39. The van der Waals surface area contributed by atoms with E-state index in [1.165, 1.54) is 18.2 Å². The number of pyridine rings is 1. The van der Waals surface area contributed by atoms with E-state index in [1.54, 1.807) is 13.0 Å². The van der Waals surface area contributed by atoms with Crippen LogP contribution in [0.2, 0.25) is 0 Å². The molecule has 0 atom stereocenters. The van der Waals surface area contributed by atoms with Gasteiger partial charge in [-0.2, -0.15) is 13.2 Å². The first-order valence-corrected chi connectivity index (χ1v) is 5.82. The lowest BCUT2D eigenvalue weighted by atomic mass is 10.2. The maximum Gasteiger partial charge on any atom is 0.417 e. The van der Waals surface area contributed by atoms with Gasteiger partial charge in [0.15, 0.2) is 0 Å². The average Bonchev–Trinajstić information content (AvgIpc) is 2.40. The van der Waals surface area contributed by atoms with E-state index in [4.69, 9.17) is 0 Å². The van der Waals surface area contributed by atoms with Crippen LogP contribution in [0.4, 0.5) is 30.4 Å². The number of hydrogen-bond donors (Lipinski definition) is 1. The van der Waals surface area contributed by atoms with Crippen LogP contribution in [0.25, 0.3) is 0 Å². The molecule has 1 heterocycles. The smallest absolute Gasteiger partial charge is 0.340 e. The fourth-order valence-corrected chi connectivity index (χ4v) is 1.63. The third-order valence-electron chi connectivity index (χ3n) is 2.79. The van der Waals surface area contributed by atoms with Crippen LogP contribution in [-0.2, 0) is 6.18 Å². The summed E-state index contributed by atoms with van der Waals surface area (Å²) in [6, 6.07) is 6.25. The number of nitro groups is 1. The van der Waals surface area contributed by atoms with E-state index >= 15 is 0 Å². The summed E-state index contributed by atoms with van der Waals surface area (Å²) in [5.74, 6) is 0.173. The van der Waals surface area contributed by atoms with Gasteiger partial charge < -0.3 is 5.32 Å². The first kappa shape index (κ1) is 14.8. The van der Waals surface area contributed by atoms with E-state index in [-0.39, 0.29) is 11.5 Å². The predicted molar refractivity (Wildman–Crippen MR) is 70.4 cm³/mol. The Morgan fingerprint density at radius 2 is 1.95 bits per heavy atom. The van der Waals surface area contributed by atoms with E-state index < -0.39 is 16.7 Å². The molecule has 0 amide bonds. The topological polar surface area (TPSA) is 68.1 Å². The van der Waals surface area contributed by atoms with Crippen molar-refractivity contribution in [2.24, 2.45) is 0 Å². The molecule has 1 aromatic carbocycles. The van der Waals surface area contributed by atoms with Crippen LogP contribution in [0.15, 0.2) is 36.5 Å². The largest absolute Gasteiger partial charge is 0.417 e. The number of halogens is 3. The van der Waals surface area contributed by atoms with E-state index in [1.807, 2.05) is 0 Å². The lowest BCUT2D eigenvalue weighted by Gasteiger charge is -2.10. The quantitative estimate of drug-likeness (QED) is 0.685. The van der Waals surface area contributed by atoms with Crippen LogP contribution >= 0.6 is 0 Å². The number of nitrogens with zero attached hydrogens (tertiary/aromatic N) is 2. The molecule has 110 valence electrons. The molecular weight excluding hydrogens is 287 g/mol. The fourth-order valence-electron chi connectivity index (χ4n) is 1.63. The van der Waals surface area contributed by atoms with Crippen LogP contribution in [0.3, 0.4) is 0 Å². The first-order valence-electron chi connectivity index (χ1n) is 5.82. The van der Waals surface area contributed by atoms with Crippen molar-refractivity contribution in [1.82, 2.24) is 4.98 Å². The van der Waals surface area contributed by atoms with Crippen molar-refractivity contribution in [1.29, 1.82) is 0 Å². The molecule has 0 fully saturated rings. The molecule has 0 aliphatic heterocycles. The van der Waals surface area contributed by atoms with Gasteiger partial charge in [0.2, 0.25) is 0 Å². The highest BCUT2D eigenvalue weighted by atomic mass is 19.4. The molecule has 1 aromatic heterocycles. The summed E-state index contributed by atoms with van der Waals surface area (Å²) in [5, 5.41) is 13.5. The van der Waals surface area contributed by atoms with Crippen molar-refractivity contribution < 1.29 is 18.1 Å². The van der Waals surface area contributed by atoms with Crippen molar-refractivity contribution in [2.45, 2.75) is 13.1 Å². The highest BCUT2D eigenvalue weighted by Crippen LogP contribution is 2.30. The molecule has 1 N–H and O–H groups in total. The Balaban J connectivity index is 2.26. The van der Waals surface area contributed by atoms with Gasteiger partial charge >= 0.3 is 6.18 Å². The Morgan fingerprint density at radius 1 is 1.24 bits per heavy atom. The average molecular weight is 297 g/mol. The molecule has 0 aliphatic rings. The Labute approximate surface area is 117 Å². The van der Waals surface area contributed by atoms with Crippen LogP contribution in [-0.4, -0.2) is 9.91 Å². The third kappa shape index (κ3) is 3.47. The maximum absolute atomic E-state index is 12.4. The number of aromatic nitrogens is 1. The fraction of sp³-hybridized carbons (Fsp3) is 0.154. The summed E-state index contributed by atoms with van der Waals surface area (Å²) in [7, 11) is 0. The van der Waals surface area contributed by atoms with Crippen molar-refractivity contribution in [3.8, 4) is 0 Å². The highest BCUT2D eigenvalue weighted by Gasteiger charge is 2.30. The molecule has 0 bridgehead atoms. The number of aryl methyl sites for hydroxylation is 1. The molecule has 0 saturated carbocycles. The number of nitro benzene ring substituents is 1. The summed E-state index contributed by atoms with van der Waals surface area (Å²) in [5.41, 5.74) is 0.151. The summed E-state index contributed by atoms with van der Waals surface area (Å²) < 4.78 is 37.3. The lowest BCUT2D eigenvalue weighted by Crippen LogP contribution is -2.06. The van der Waals surface area contributed by atoms with Gasteiger partial charge in [0.05, 0.1) is 10.5 Å². The Bertz CT molecular complexity index is 669. The second-order valence-corrected chi connectivity index (χ2v) is 4.31.